The highest BCUT2D eigenvalue weighted by atomic mass is 35.5. The van der Waals surface area contributed by atoms with Gasteiger partial charge in [0.05, 0.1) is 24.6 Å². The molecule has 1 unspecified atom stereocenters. The van der Waals surface area contributed by atoms with Gasteiger partial charge in [-0.2, -0.15) is 0 Å². The lowest BCUT2D eigenvalue weighted by molar-refractivity contribution is -0.148. The van der Waals surface area contributed by atoms with Crippen LogP contribution in [0.15, 0.2) is 18.2 Å². The second-order valence-corrected chi connectivity index (χ2v) is 6.29. The Hall–Kier alpha value is -2.19. The molecule has 0 radical (unpaired) electrons. The molecule has 142 valence electrons. The van der Waals surface area contributed by atoms with Crippen molar-refractivity contribution in [1.29, 1.82) is 0 Å². The average Bonchev–Trinajstić information content (AvgIpc) is 2.59. The maximum atomic E-state index is 13.2. The minimum Gasteiger partial charge on any atom is -0.466 e. The lowest BCUT2D eigenvalue weighted by Gasteiger charge is -2.33. The summed E-state index contributed by atoms with van der Waals surface area (Å²) in [5, 5.41) is 5.18. The number of nitrogens with one attached hydrogen (secondary N) is 2. The van der Waals surface area contributed by atoms with Crippen LogP contribution in [-0.2, 0) is 19.1 Å². The first-order valence-electron chi connectivity index (χ1n) is 8.33. The van der Waals surface area contributed by atoms with Crippen molar-refractivity contribution in [3.8, 4) is 0 Å². The van der Waals surface area contributed by atoms with Crippen molar-refractivity contribution in [3.63, 3.8) is 0 Å². The first-order valence-corrected chi connectivity index (χ1v) is 8.70. The van der Waals surface area contributed by atoms with Crippen molar-refractivity contribution in [2.75, 3.05) is 31.6 Å². The summed E-state index contributed by atoms with van der Waals surface area (Å²) in [5.74, 6) is -1.77. The van der Waals surface area contributed by atoms with Gasteiger partial charge in [-0.15, -0.1) is 0 Å². The normalized spacial score (nSPS) is 17.5. The van der Waals surface area contributed by atoms with E-state index in [-0.39, 0.29) is 23.9 Å². The number of halogens is 2. The van der Waals surface area contributed by atoms with Gasteiger partial charge >= 0.3 is 5.97 Å². The van der Waals surface area contributed by atoms with Crippen molar-refractivity contribution in [3.05, 3.63) is 29.0 Å². The third kappa shape index (κ3) is 5.67. The summed E-state index contributed by atoms with van der Waals surface area (Å²) < 4.78 is 18.2. The molecule has 1 saturated heterocycles. The van der Waals surface area contributed by atoms with Crippen LogP contribution < -0.4 is 10.6 Å². The Morgan fingerprint density at radius 3 is 2.92 bits per heavy atom. The first kappa shape index (κ1) is 20.1. The van der Waals surface area contributed by atoms with Crippen LogP contribution in [0.5, 0.6) is 0 Å². The zero-order valence-electron chi connectivity index (χ0n) is 14.4. The third-order valence-corrected chi connectivity index (χ3v) is 4.11. The molecule has 7 nitrogen and oxygen atoms in total. The molecular weight excluding hydrogens is 365 g/mol. The second kappa shape index (κ2) is 9.49. The van der Waals surface area contributed by atoms with Gasteiger partial charge in [-0.3, -0.25) is 19.3 Å². The molecule has 1 fully saturated rings. The first-order chi connectivity index (χ1) is 12.4. The van der Waals surface area contributed by atoms with E-state index in [1.165, 1.54) is 12.1 Å². The Balaban J connectivity index is 1.97. The fraction of sp³-hybridized carbons (Fsp3) is 0.471. The topological polar surface area (TPSA) is 87.7 Å². The number of anilines is 1. The van der Waals surface area contributed by atoms with Crippen molar-refractivity contribution in [1.82, 2.24) is 10.2 Å². The van der Waals surface area contributed by atoms with Crippen LogP contribution in [0.3, 0.4) is 0 Å². The fourth-order valence-electron chi connectivity index (χ4n) is 2.56. The Kier molecular flexibility index (Phi) is 7.35. The number of amides is 2. The Morgan fingerprint density at radius 2 is 2.23 bits per heavy atom. The Bertz CT molecular complexity index is 686. The SMILES string of the molecule is CCCOC(=O)CC1C(=O)NCCN1CC(=O)Nc1ccc(F)c(Cl)c1. The van der Waals surface area contributed by atoms with E-state index < -0.39 is 23.7 Å². The summed E-state index contributed by atoms with van der Waals surface area (Å²) in [4.78, 5) is 37.8. The minimum absolute atomic E-state index is 0.0891. The van der Waals surface area contributed by atoms with Gasteiger partial charge in [-0.1, -0.05) is 18.5 Å². The number of nitrogens with zero attached hydrogens (tertiary/aromatic N) is 1. The maximum Gasteiger partial charge on any atom is 0.307 e. The number of esters is 1. The quantitative estimate of drug-likeness (QED) is 0.695. The summed E-state index contributed by atoms with van der Waals surface area (Å²) in [6, 6.07) is 3.08. The lowest BCUT2D eigenvalue weighted by atomic mass is 10.1. The van der Waals surface area contributed by atoms with Crippen LogP contribution in [0.4, 0.5) is 10.1 Å². The summed E-state index contributed by atoms with van der Waals surface area (Å²) in [7, 11) is 0. The van der Waals surface area contributed by atoms with Crippen molar-refractivity contribution < 1.29 is 23.5 Å². The minimum atomic E-state index is -0.768. The molecule has 26 heavy (non-hydrogen) atoms. The molecule has 1 aromatic rings. The highest BCUT2D eigenvalue weighted by molar-refractivity contribution is 6.31. The molecule has 0 aromatic heterocycles. The summed E-state index contributed by atoms with van der Waals surface area (Å²) >= 11 is 5.69. The molecule has 1 aliphatic heterocycles. The smallest absolute Gasteiger partial charge is 0.307 e. The second-order valence-electron chi connectivity index (χ2n) is 5.88. The van der Waals surface area contributed by atoms with E-state index in [0.29, 0.717) is 31.8 Å². The molecule has 0 bridgehead atoms. The largest absolute Gasteiger partial charge is 0.466 e. The van der Waals surface area contributed by atoms with Crippen LogP contribution in [0.2, 0.25) is 5.02 Å². The molecule has 1 heterocycles. The number of benzene rings is 1. The molecule has 2 rings (SSSR count). The average molecular weight is 386 g/mol. The van der Waals surface area contributed by atoms with Gasteiger partial charge in [-0.05, 0) is 24.6 Å². The van der Waals surface area contributed by atoms with Crippen LogP contribution in [0.1, 0.15) is 19.8 Å². The van der Waals surface area contributed by atoms with Gasteiger partial charge < -0.3 is 15.4 Å². The van der Waals surface area contributed by atoms with Crippen molar-refractivity contribution >= 4 is 35.1 Å². The highest BCUT2D eigenvalue weighted by Crippen LogP contribution is 2.19. The van der Waals surface area contributed by atoms with Crippen molar-refractivity contribution in [2.45, 2.75) is 25.8 Å². The number of carbonyl (C=O) groups excluding carboxylic acids is 3. The van der Waals surface area contributed by atoms with E-state index in [1.54, 1.807) is 4.90 Å². The van der Waals surface area contributed by atoms with Gasteiger partial charge in [-0.25, -0.2) is 4.39 Å². The zero-order chi connectivity index (χ0) is 19.1. The van der Waals surface area contributed by atoms with E-state index in [1.807, 2.05) is 6.92 Å². The standard InChI is InChI=1S/C17H21ClFN3O4/c1-2-7-26-16(24)9-14-17(25)20-5-6-22(14)10-15(23)21-11-3-4-13(19)12(18)8-11/h3-4,8,14H,2,5-7,9-10H2,1H3,(H,20,25)(H,21,23). The number of rotatable bonds is 7. The fourth-order valence-corrected chi connectivity index (χ4v) is 2.75. The van der Waals surface area contributed by atoms with Gasteiger partial charge in [0.1, 0.15) is 11.9 Å². The van der Waals surface area contributed by atoms with Gasteiger partial charge in [0.2, 0.25) is 11.8 Å². The zero-order valence-corrected chi connectivity index (χ0v) is 15.1. The van der Waals surface area contributed by atoms with Crippen molar-refractivity contribution in [2.24, 2.45) is 0 Å². The van der Waals surface area contributed by atoms with Crippen LogP contribution >= 0.6 is 11.6 Å². The van der Waals surface area contributed by atoms with Gasteiger partial charge in [0, 0.05) is 18.8 Å². The predicted octanol–water partition coefficient (Wildman–Crippen LogP) is 1.56. The van der Waals surface area contributed by atoms with Crippen LogP contribution in [0.25, 0.3) is 0 Å². The Morgan fingerprint density at radius 1 is 1.46 bits per heavy atom. The third-order valence-electron chi connectivity index (χ3n) is 3.82. The molecular formula is C17H21ClFN3O4. The van der Waals surface area contributed by atoms with Gasteiger partial charge in [0.15, 0.2) is 0 Å². The van der Waals surface area contributed by atoms with Crippen LogP contribution in [-0.4, -0.2) is 55.0 Å². The summed E-state index contributed by atoms with van der Waals surface area (Å²) in [6.07, 6.45) is 0.566. The number of hydrogen-bond acceptors (Lipinski definition) is 5. The predicted molar refractivity (Wildman–Crippen MR) is 94.3 cm³/mol. The monoisotopic (exact) mass is 385 g/mol. The van der Waals surface area contributed by atoms with E-state index in [9.17, 15) is 18.8 Å². The molecule has 1 aliphatic rings. The van der Waals surface area contributed by atoms with E-state index in [0.717, 1.165) is 6.07 Å². The molecule has 0 spiro atoms. The highest BCUT2D eigenvalue weighted by Gasteiger charge is 2.33. The molecule has 2 N–H and O–H groups in total. The maximum absolute atomic E-state index is 13.2. The molecule has 2 amide bonds. The summed E-state index contributed by atoms with van der Waals surface area (Å²) in [5.41, 5.74) is 0.349. The molecule has 0 aliphatic carbocycles. The number of hydrogen-bond donors (Lipinski definition) is 2. The lowest BCUT2D eigenvalue weighted by Crippen LogP contribution is -2.57. The number of piperazine rings is 1. The van der Waals surface area contributed by atoms with E-state index in [2.05, 4.69) is 10.6 Å². The van der Waals surface area contributed by atoms with E-state index in [4.69, 9.17) is 16.3 Å². The Labute approximate surface area is 155 Å². The molecule has 9 heteroatoms. The number of carbonyl (C=O) groups is 3. The van der Waals surface area contributed by atoms with Crippen LogP contribution in [0, 0.1) is 5.82 Å². The van der Waals surface area contributed by atoms with Gasteiger partial charge in [0.25, 0.3) is 0 Å². The summed E-state index contributed by atoms with van der Waals surface area (Å²) in [6.45, 7) is 2.89. The molecule has 1 aromatic carbocycles. The molecule has 1 atom stereocenters. The van der Waals surface area contributed by atoms with E-state index >= 15 is 0 Å². The molecule has 0 saturated carbocycles. The number of ether oxygens (including phenoxy) is 1.